The molecule has 0 aliphatic rings. The van der Waals surface area contributed by atoms with Crippen molar-refractivity contribution in [3.8, 4) is 0 Å². The highest BCUT2D eigenvalue weighted by Gasteiger charge is 2.26. The summed E-state index contributed by atoms with van der Waals surface area (Å²) in [5.74, 6) is 0.109. The lowest BCUT2D eigenvalue weighted by Crippen LogP contribution is -2.41. The second-order valence-corrected chi connectivity index (χ2v) is 5.29. The first-order valence-electron chi connectivity index (χ1n) is 3.98. The van der Waals surface area contributed by atoms with Crippen LogP contribution in [0.2, 0.25) is 0 Å². The van der Waals surface area contributed by atoms with Crippen LogP contribution in [0.1, 0.15) is 13.8 Å². The van der Waals surface area contributed by atoms with Crippen molar-refractivity contribution in [1.29, 1.82) is 0 Å². The van der Waals surface area contributed by atoms with Crippen molar-refractivity contribution >= 4 is 21.8 Å². The van der Waals surface area contributed by atoms with Crippen LogP contribution >= 0.6 is 15.9 Å². The summed E-state index contributed by atoms with van der Waals surface area (Å²) in [4.78, 5) is 13.2. The molecule has 0 radical (unpaired) electrons. The summed E-state index contributed by atoms with van der Waals surface area (Å²) in [5, 5.41) is 3.00. The molecule has 0 aliphatic carbocycles. The van der Waals surface area contributed by atoms with Crippen molar-refractivity contribution in [2.45, 2.75) is 18.2 Å². The molecule has 0 atom stereocenters. The quantitative estimate of drug-likeness (QED) is 0.735. The number of carbonyl (C=O) groups excluding carboxylic acids is 1. The summed E-state index contributed by atoms with van der Waals surface area (Å²) in [6.07, 6.45) is 0. The predicted octanol–water partition coefficient (Wildman–Crippen LogP) is 0.838. The van der Waals surface area contributed by atoms with Crippen LogP contribution in [-0.2, 0) is 4.79 Å². The number of halogens is 1. The summed E-state index contributed by atoms with van der Waals surface area (Å²) in [7, 11) is 3.68. The normalized spacial score (nSPS) is 11.4. The van der Waals surface area contributed by atoms with Crippen LogP contribution < -0.4 is 5.32 Å². The topological polar surface area (TPSA) is 32.3 Å². The Balaban J connectivity index is 3.94. The highest BCUT2D eigenvalue weighted by molar-refractivity contribution is 9.10. The summed E-state index contributed by atoms with van der Waals surface area (Å²) in [5.41, 5.74) is 0. The fourth-order valence-electron chi connectivity index (χ4n) is 0.835. The third-order valence-electron chi connectivity index (χ3n) is 1.55. The van der Waals surface area contributed by atoms with Gasteiger partial charge in [-0.15, -0.1) is 0 Å². The van der Waals surface area contributed by atoms with Gasteiger partial charge in [0, 0.05) is 20.1 Å². The molecular weight excluding hydrogens is 220 g/mol. The maximum Gasteiger partial charge on any atom is 0.238 e. The third-order valence-corrected chi connectivity index (χ3v) is 1.89. The van der Waals surface area contributed by atoms with E-state index in [1.54, 1.807) is 4.90 Å². The van der Waals surface area contributed by atoms with E-state index in [1.807, 2.05) is 27.9 Å². The van der Waals surface area contributed by atoms with Crippen molar-refractivity contribution < 1.29 is 4.79 Å². The minimum Gasteiger partial charge on any atom is -0.343 e. The zero-order chi connectivity index (χ0) is 9.78. The van der Waals surface area contributed by atoms with Gasteiger partial charge in [-0.1, -0.05) is 15.9 Å². The molecule has 0 aromatic rings. The van der Waals surface area contributed by atoms with Gasteiger partial charge in [-0.2, -0.15) is 0 Å². The Morgan fingerprint density at radius 1 is 1.58 bits per heavy atom. The van der Waals surface area contributed by atoms with Gasteiger partial charge in [0.1, 0.15) is 0 Å². The number of alkyl halides is 1. The SMILES string of the molecule is CNCCN(C)C(=O)C(C)(C)Br. The molecule has 0 saturated heterocycles. The number of carbonyl (C=O) groups is 1. The Kier molecular flexibility index (Phi) is 4.78. The molecule has 1 amide bonds. The van der Waals surface area contributed by atoms with Crippen LogP contribution in [0.5, 0.6) is 0 Å². The minimum atomic E-state index is -0.449. The predicted molar refractivity (Wildman–Crippen MR) is 54.6 cm³/mol. The van der Waals surface area contributed by atoms with Crippen LogP contribution in [0, 0.1) is 0 Å². The van der Waals surface area contributed by atoms with E-state index in [-0.39, 0.29) is 5.91 Å². The van der Waals surface area contributed by atoms with E-state index >= 15 is 0 Å². The average Bonchev–Trinajstić information content (AvgIpc) is 1.97. The van der Waals surface area contributed by atoms with Crippen LogP contribution in [0.25, 0.3) is 0 Å². The maximum absolute atomic E-state index is 11.5. The van der Waals surface area contributed by atoms with Gasteiger partial charge in [0.05, 0.1) is 4.32 Å². The first kappa shape index (κ1) is 11.9. The van der Waals surface area contributed by atoms with Crippen molar-refractivity contribution in [1.82, 2.24) is 10.2 Å². The second-order valence-electron chi connectivity index (χ2n) is 3.30. The number of likely N-dealkylation sites (N-methyl/N-ethyl adjacent to an activating group) is 2. The van der Waals surface area contributed by atoms with Gasteiger partial charge in [-0.3, -0.25) is 4.79 Å². The number of rotatable bonds is 4. The molecule has 1 N–H and O–H groups in total. The van der Waals surface area contributed by atoms with Gasteiger partial charge in [-0.25, -0.2) is 0 Å². The zero-order valence-electron chi connectivity index (χ0n) is 8.15. The third kappa shape index (κ3) is 4.07. The standard InChI is InChI=1S/C8H17BrN2O/c1-8(2,9)7(12)11(4)6-5-10-3/h10H,5-6H2,1-4H3. The van der Waals surface area contributed by atoms with Crippen LogP contribution in [0.4, 0.5) is 0 Å². The van der Waals surface area contributed by atoms with Crippen LogP contribution in [0.15, 0.2) is 0 Å². The molecule has 12 heavy (non-hydrogen) atoms. The fraction of sp³-hybridized carbons (Fsp3) is 0.875. The molecule has 0 saturated carbocycles. The van der Waals surface area contributed by atoms with Gasteiger partial charge in [0.15, 0.2) is 0 Å². The van der Waals surface area contributed by atoms with Crippen molar-refractivity contribution in [3.05, 3.63) is 0 Å². The van der Waals surface area contributed by atoms with Crippen molar-refractivity contribution in [2.24, 2.45) is 0 Å². The summed E-state index contributed by atoms with van der Waals surface area (Å²) in [6.45, 7) is 5.27. The smallest absolute Gasteiger partial charge is 0.238 e. The number of hydrogen-bond donors (Lipinski definition) is 1. The molecule has 0 fully saturated rings. The second kappa shape index (κ2) is 4.82. The first-order valence-corrected chi connectivity index (χ1v) is 4.78. The monoisotopic (exact) mass is 236 g/mol. The summed E-state index contributed by atoms with van der Waals surface area (Å²) >= 11 is 3.32. The number of nitrogens with zero attached hydrogens (tertiary/aromatic N) is 1. The average molecular weight is 237 g/mol. The van der Waals surface area contributed by atoms with Gasteiger partial charge in [0.25, 0.3) is 0 Å². The first-order chi connectivity index (χ1) is 5.39. The van der Waals surface area contributed by atoms with Crippen LogP contribution in [0.3, 0.4) is 0 Å². The van der Waals surface area contributed by atoms with Crippen molar-refractivity contribution in [2.75, 3.05) is 27.2 Å². The minimum absolute atomic E-state index is 0.109. The Bertz CT molecular complexity index is 154. The van der Waals surface area contributed by atoms with E-state index in [9.17, 15) is 4.79 Å². The summed E-state index contributed by atoms with van der Waals surface area (Å²) in [6, 6.07) is 0. The molecule has 0 heterocycles. The van der Waals surface area contributed by atoms with E-state index in [2.05, 4.69) is 21.2 Å². The molecule has 0 bridgehead atoms. The van der Waals surface area contributed by atoms with Gasteiger partial charge < -0.3 is 10.2 Å². The van der Waals surface area contributed by atoms with E-state index in [4.69, 9.17) is 0 Å². The number of amides is 1. The Labute approximate surface area is 82.6 Å². The molecule has 0 aromatic heterocycles. The molecular formula is C8H17BrN2O. The van der Waals surface area contributed by atoms with Crippen LogP contribution in [-0.4, -0.2) is 42.3 Å². The van der Waals surface area contributed by atoms with Gasteiger partial charge in [-0.05, 0) is 20.9 Å². The van der Waals surface area contributed by atoms with E-state index in [0.29, 0.717) is 0 Å². The molecule has 3 nitrogen and oxygen atoms in total. The van der Waals surface area contributed by atoms with E-state index < -0.39 is 4.32 Å². The molecule has 4 heteroatoms. The Morgan fingerprint density at radius 2 is 2.08 bits per heavy atom. The maximum atomic E-state index is 11.5. The lowest BCUT2D eigenvalue weighted by molar-refractivity contribution is -0.131. The number of nitrogens with one attached hydrogen (secondary N) is 1. The molecule has 0 spiro atoms. The molecule has 0 aromatic carbocycles. The molecule has 0 rings (SSSR count). The molecule has 0 unspecified atom stereocenters. The lowest BCUT2D eigenvalue weighted by Gasteiger charge is -2.24. The van der Waals surface area contributed by atoms with E-state index in [0.717, 1.165) is 13.1 Å². The van der Waals surface area contributed by atoms with E-state index in [1.165, 1.54) is 0 Å². The largest absolute Gasteiger partial charge is 0.343 e. The molecule has 0 aliphatic heterocycles. The number of hydrogen-bond acceptors (Lipinski definition) is 2. The van der Waals surface area contributed by atoms with Crippen molar-refractivity contribution in [3.63, 3.8) is 0 Å². The Morgan fingerprint density at radius 3 is 2.42 bits per heavy atom. The zero-order valence-corrected chi connectivity index (χ0v) is 9.73. The highest BCUT2D eigenvalue weighted by atomic mass is 79.9. The lowest BCUT2D eigenvalue weighted by atomic mass is 10.2. The molecule has 72 valence electrons. The van der Waals surface area contributed by atoms with Gasteiger partial charge >= 0.3 is 0 Å². The summed E-state index contributed by atoms with van der Waals surface area (Å²) < 4.78 is -0.449. The fourth-order valence-corrected chi connectivity index (χ4v) is 1.14. The highest BCUT2D eigenvalue weighted by Crippen LogP contribution is 2.17. The Hall–Kier alpha value is -0.0900. The van der Waals surface area contributed by atoms with Gasteiger partial charge in [0.2, 0.25) is 5.91 Å².